The second-order valence-electron chi connectivity index (χ2n) is 6.99. The lowest BCUT2D eigenvalue weighted by Crippen LogP contribution is -2.36. The molecule has 4 rings (SSSR count). The third kappa shape index (κ3) is 4.75. The largest absolute Gasteiger partial charge is 0.468 e. The van der Waals surface area contributed by atoms with Gasteiger partial charge in [-0.25, -0.2) is 0 Å². The van der Waals surface area contributed by atoms with E-state index < -0.39 is 0 Å². The van der Waals surface area contributed by atoms with Crippen LogP contribution < -0.4 is 10.6 Å². The van der Waals surface area contributed by atoms with Gasteiger partial charge in [-0.05, 0) is 73.8 Å². The normalized spacial score (nSPS) is 15.2. The van der Waals surface area contributed by atoms with Crippen molar-refractivity contribution in [2.75, 3.05) is 25.0 Å². The lowest BCUT2D eigenvalue weighted by Gasteiger charge is -2.26. The molecular weight excluding hydrogens is 386 g/mol. The molecule has 2 N–H and O–H groups in total. The van der Waals surface area contributed by atoms with E-state index in [-0.39, 0.29) is 17.9 Å². The Hall–Kier alpha value is -2.90. The molecule has 0 aliphatic carbocycles. The van der Waals surface area contributed by atoms with Crippen LogP contribution in [0.25, 0.3) is 0 Å². The number of carbonyl (C=O) groups is 2. The Morgan fingerprint density at radius 3 is 2.48 bits per heavy atom. The fourth-order valence-corrected chi connectivity index (χ4v) is 4.16. The summed E-state index contributed by atoms with van der Waals surface area (Å²) in [5, 5.41) is 7.72. The van der Waals surface area contributed by atoms with Crippen molar-refractivity contribution < 1.29 is 14.0 Å². The van der Waals surface area contributed by atoms with Crippen LogP contribution in [0.2, 0.25) is 0 Å². The summed E-state index contributed by atoms with van der Waals surface area (Å²) in [6.07, 6.45) is 4.01. The fraction of sp³-hybridized carbons (Fsp3) is 0.273. The van der Waals surface area contributed by atoms with Crippen LogP contribution in [0, 0.1) is 0 Å². The van der Waals surface area contributed by atoms with Gasteiger partial charge in [0.15, 0.2) is 0 Å². The lowest BCUT2D eigenvalue weighted by atomic mass is 10.1. The number of benzene rings is 1. The van der Waals surface area contributed by atoms with Crippen LogP contribution in [-0.2, 0) is 0 Å². The van der Waals surface area contributed by atoms with Gasteiger partial charge in [-0.1, -0.05) is 6.07 Å². The number of anilines is 1. The Morgan fingerprint density at radius 2 is 1.83 bits per heavy atom. The Bertz CT molecular complexity index is 930. The second-order valence-corrected chi connectivity index (χ2v) is 7.94. The van der Waals surface area contributed by atoms with E-state index in [4.69, 9.17) is 4.42 Å². The van der Waals surface area contributed by atoms with Crippen LogP contribution >= 0.6 is 11.3 Å². The van der Waals surface area contributed by atoms with Gasteiger partial charge >= 0.3 is 0 Å². The quantitative estimate of drug-likeness (QED) is 0.614. The van der Waals surface area contributed by atoms with E-state index >= 15 is 0 Å². The van der Waals surface area contributed by atoms with Gasteiger partial charge < -0.3 is 15.1 Å². The maximum absolute atomic E-state index is 12.6. The molecule has 1 saturated heterocycles. The maximum Gasteiger partial charge on any atom is 0.265 e. The average molecular weight is 410 g/mol. The van der Waals surface area contributed by atoms with Crippen molar-refractivity contribution in [2.45, 2.75) is 18.9 Å². The molecule has 7 heteroatoms. The van der Waals surface area contributed by atoms with Crippen molar-refractivity contribution in [3.63, 3.8) is 0 Å². The van der Waals surface area contributed by atoms with E-state index in [0.717, 1.165) is 18.8 Å². The zero-order valence-electron chi connectivity index (χ0n) is 16.0. The van der Waals surface area contributed by atoms with Gasteiger partial charge in [0.1, 0.15) is 5.76 Å². The first kappa shape index (κ1) is 19.4. The molecule has 3 heterocycles. The monoisotopic (exact) mass is 409 g/mol. The number of nitrogens with zero attached hydrogens (tertiary/aromatic N) is 1. The molecule has 3 aromatic rings. The number of likely N-dealkylation sites (tertiary alicyclic amines) is 1. The van der Waals surface area contributed by atoms with Crippen molar-refractivity contribution in [2.24, 2.45) is 0 Å². The summed E-state index contributed by atoms with van der Waals surface area (Å²) in [5.41, 5.74) is 1.21. The van der Waals surface area contributed by atoms with Gasteiger partial charge in [0, 0.05) is 17.8 Å². The SMILES string of the molecule is O=C(NC[C@H](c1ccco1)N1CCCC1)c1ccc(NC(=O)c2cccs2)cc1. The molecule has 0 radical (unpaired) electrons. The number of carbonyl (C=O) groups excluding carboxylic acids is 2. The molecule has 1 fully saturated rings. The van der Waals surface area contributed by atoms with Crippen LogP contribution in [0.3, 0.4) is 0 Å². The summed E-state index contributed by atoms with van der Waals surface area (Å²) < 4.78 is 5.60. The zero-order valence-corrected chi connectivity index (χ0v) is 16.8. The van der Waals surface area contributed by atoms with Gasteiger partial charge in [0.2, 0.25) is 0 Å². The minimum absolute atomic E-state index is 0.0424. The highest BCUT2D eigenvalue weighted by Crippen LogP contribution is 2.25. The van der Waals surface area contributed by atoms with E-state index in [0.29, 0.717) is 22.7 Å². The van der Waals surface area contributed by atoms with Gasteiger partial charge in [-0.2, -0.15) is 0 Å². The number of hydrogen-bond donors (Lipinski definition) is 2. The summed E-state index contributed by atoms with van der Waals surface area (Å²) in [6, 6.07) is 14.4. The molecule has 2 amide bonds. The van der Waals surface area contributed by atoms with E-state index in [2.05, 4.69) is 15.5 Å². The summed E-state index contributed by atoms with van der Waals surface area (Å²) in [7, 11) is 0. The second kappa shape index (κ2) is 9.07. The van der Waals surface area contributed by atoms with Crippen LogP contribution in [0.5, 0.6) is 0 Å². The molecule has 2 aromatic heterocycles. The summed E-state index contributed by atoms with van der Waals surface area (Å²) in [4.78, 5) is 27.7. The molecule has 29 heavy (non-hydrogen) atoms. The van der Waals surface area contributed by atoms with Crippen LogP contribution in [-0.4, -0.2) is 36.3 Å². The average Bonchev–Trinajstić information content (AvgIpc) is 3.52. The van der Waals surface area contributed by atoms with Crippen molar-refractivity contribution in [1.82, 2.24) is 10.2 Å². The minimum atomic E-state index is -0.149. The van der Waals surface area contributed by atoms with Crippen molar-refractivity contribution in [3.8, 4) is 0 Å². The van der Waals surface area contributed by atoms with Gasteiger partial charge in [-0.15, -0.1) is 11.3 Å². The van der Waals surface area contributed by atoms with E-state index in [1.54, 1.807) is 36.6 Å². The minimum Gasteiger partial charge on any atom is -0.468 e. The standard InChI is InChI=1S/C22H23N3O3S/c26-21(23-15-18(19-5-3-13-28-19)25-11-1-2-12-25)16-7-9-17(10-8-16)24-22(27)20-6-4-14-29-20/h3-10,13-14,18H,1-2,11-12,15H2,(H,23,26)(H,24,27)/t18-/m1/s1. The molecular formula is C22H23N3O3S. The first-order valence-corrected chi connectivity index (χ1v) is 10.6. The first-order valence-electron chi connectivity index (χ1n) is 9.71. The smallest absolute Gasteiger partial charge is 0.265 e. The van der Waals surface area contributed by atoms with Gasteiger partial charge in [-0.3, -0.25) is 14.5 Å². The Labute approximate surface area is 173 Å². The van der Waals surface area contributed by atoms with Crippen molar-refractivity contribution in [1.29, 1.82) is 0 Å². The molecule has 1 atom stereocenters. The number of thiophene rings is 1. The molecule has 0 unspecified atom stereocenters. The highest BCUT2D eigenvalue weighted by molar-refractivity contribution is 7.12. The number of amides is 2. The number of rotatable bonds is 7. The highest BCUT2D eigenvalue weighted by atomic mass is 32.1. The van der Waals surface area contributed by atoms with Crippen LogP contribution in [0.15, 0.2) is 64.6 Å². The third-order valence-electron chi connectivity index (χ3n) is 5.06. The van der Waals surface area contributed by atoms with Gasteiger partial charge in [0.05, 0.1) is 17.2 Å². The van der Waals surface area contributed by atoms with Crippen molar-refractivity contribution in [3.05, 3.63) is 76.4 Å². The first-order chi connectivity index (χ1) is 14.2. The third-order valence-corrected chi connectivity index (χ3v) is 5.93. The topological polar surface area (TPSA) is 74.6 Å². The number of furan rings is 1. The zero-order chi connectivity index (χ0) is 20.1. The van der Waals surface area contributed by atoms with Crippen LogP contribution in [0.1, 0.15) is 44.7 Å². The molecule has 1 aliphatic heterocycles. The van der Waals surface area contributed by atoms with Gasteiger partial charge in [0.25, 0.3) is 11.8 Å². The number of nitrogens with one attached hydrogen (secondary N) is 2. The molecule has 150 valence electrons. The molecule has 0 bridgehead atoms. The summed E-state index contributed by atoms with van der Waals surface area (Å²) >= 11 is 1.39. The Kier molecular flexibility index (Phi) is 6.07. The Balaban J connectivity index is 1.36. The highest BCUT2D eigenvalue weighted by Gasteiger charge is 2.26. The van der Waals surface area contributed by atoms with Crippen LogP contribution in [0.4, 0.5) is 5.69 Å². The van der Waals surface area contributed by atoms with Crippen molar-refractivity contribution >= 4 is 28.8 Å². The van der Waals surface area contributed by atoms with E-state index in [9.17, 15) is 9.59 Å². The fourth-order valence-electron chi connectivity index (χ4n) is 3.54. The predicted octanol–water partition coefficient (Wildman–Crippen LogP) is 4.16. The maximum atomic E-state index is 12.6. The molecule has 1 aromatic carbocycles. The molecule has 0 saturated carbocycles. The number of hydrogen-bond acceptors (Lipinski definition) is 5. The summed E-state index contributed by atoms with van der Waals surface area (Å²) in [6.45, 7) is 2.52. The molecule has 1 aliphatic rings. The summed E-state index contributed by atoms with van der Waals surface area (Å²) in [5.74, 6) is 0.583. The van der Waals surface area contributed by atoms with E-state index in [1.807, 2.05) is 23.6 Å². The molecule has 0 spiro atoms. The Morgan fingerprint density at radius 1 is 1.03 bits per heavy atom. The lowest BCUT2D eigenvalue weighted by molar-refractivity contribution is 0.0933. The predicted molar refractivity (Wildman–Crippen MR) is 113 cm³/mol. The van der Waals surface area contributed by atoms with E-state index in [1.165, 1.54) is 24.2 Å². The molecule has 6 nitrogen and oxygen atoms in total.